The van der Waals surface area contributed by atoms with Gasteiger partial charge in [-0.15, -0.1) is 0 Å². The van der Waals surface area contributed by atoms with Gasteiger partial charge in [-0.2, -0.15) is 0 Å². The molecule has 1 aromatic heterocycles. The number of nitrogens with zero attached hydrogens (tertiary/aromatic N) is 4. The highest BCUT2D eigenvalue weighted by molar-refractivity contribution is 5.91. The quantitative estimate of drug-likeness (QED) is 0.368. The Morgan fingerprint density at radius 2 is 2.03 bits per heavy atom. The molecule has 0 saturated carbocycles. The molecular weight excluding hydrogens is 418 g/mol. The van der Waals surface area contributed by atoms with E-state index in [-0.39, 0.29) is 49.0 Å². The third-order valence-corrected chi connectivity index (χ3v) is 4.96. The number of carbonyl (C=O) groups is 2. The lowest BCUT2D eigenvalue weighted by Crippen LogP contribution is -2.40. The summed E-state index contributed by atoms with van der Waals surface area (Å²) >= 11 is 0. The van der Waals surface area contributed by atoms with Gasteiger partial charge in [0.2, 0.25) is 11.6 Å². The number of carbonyl (C=O) groups excluding carboxylic acids is 2. The fraction of sp³-hybridized carbons (Fsp3) is 0.429. The van der Waals surface area contributed by atoms with Crippen LogP contribution in [0.5, 0.6) is 0 Å². The Labute approximate surface area is 184 Å². The Kier molecular flexibility index (Phi) is 7.53. The molecule has 11 nitrogen and oxygen atoms in total. The first-order valence-electron chi connectivity index (χ1n) is 10.4. The Morgan fingerprint density at radius 1 is 1.25 bits per heavy atom. The zero-order valence-electron chi connectivity index (χ0n) is 17.9. The van der Waals surface area contributed by atoms with E-state index in [1.165, 1.54) is 12.4 Å². The third-order valence-electron chi connectivity index (χ3n) is 4.96. The van der Waals surface area contributed by atoms with Gasteiger partial charge in [-0.3, -0.25) is 14.9 Å². The zero-order chi connectivity index (χ0) is 23.1. The SMILES string of the molecule is CCOC(=O)c1cccc(Nc2ncnc(N3CCCC(C(=O)OCC)C3)c2[N+](=O)[O-])c1. The number of esters is 2. The van der Waals surface area contributed by atoms with Crippen molar-refractivity contribution in [3.63, 3.8) is 0 Å². The number of nitro groups is 1. The number of hydrogen-bond acceptors (Lipinski definition) is 10. The van der Waals surface area contributed by atoms with Crippen LogP contribution in [-0.4, -0.2) is 53.1 Å². The van der Waals surface area contributed by atoms with Crippen molar-refractivity contribution in [2.24, 2.45) is 5.92 Å². The molecule has 11 heteroatoms. The number of hydrogen-bond donors (Lipinski definition) is 1. The van der Waals surface area contributed by atoms with Crippen molar-refractivity contribution in [3.8, 4) is 0 Å². The molecule has 0 spiro atoms. The van der Waals surface area contributed by atoms with Crippen LogP contribution < -0.4 is 10.2 Å². The molecule has 2 heterocycles. The van der Waals surface area contributed by atoms with Crippen LogP contribution in [0, 0.1) is 16.0 Å². The number of nitrogens with one attached hydrogen (secondary N) is 1. The van der Waals surface area contributed by atoms with Gasteiger partial charge in [0.05, 0.1) is 29.6 Å². The standard InChI is InChI=1S/C21H25N5O6/c1-3-31-20(27)14-7-5-9-16(11-14)24-18-17(26(29)30)19(23-13-22-18)25-10-6-8-15(12-25)21(28)32-4-2/h5,7,9,11,13,15H,3-4,6,8,10,12H2,1-2H3,(H,22,23,24). The number of ether oxygens (including phenoxy) is 2. The fourth-order valence-corrected chi connectivity index (χ4v) is 3.56. The zero-order valence-corrected chi connectivity index (χ0v) is 17.9. The highest BCUT2D eigenvalue weighted by Gasteiger charge is 2.33. The summed E-state index contributed by atoms with van der Waals surface area (Å²) < 4.78 is 10.1. The molecule has 0 bridgehead atoms. The van der Waals surface area contributed by atoms with Crippen molar-refractivity contribution in [1.82, 2.24) is 9.97 Å². The van der Waals surface area contributed by atoms with Crippen LogP contribution >= 0.6 is 0 Å². The smallest absolute Gasteiger partial charge is 0.353 e. The molecule has 1 aliphatic rings. The van der Waals surface area contributed by atoms with E-state index in [0.29, 0.717) is 30.6 Å². The molecule has 1 saturated heterocycles. The molecule has 0 amide bonds. The Balaban J connectivity index is 1.89. The van der Waals surface area contributed by atoms with Crippen LogP contribution in [0.25, 0.3) is 0 Å². The number of anilines is 3. The van der Waals surface area contributed by atoms with Gasteiger partial charge in [0.25, 0.3) is 0 Å². The minimum Gasteiger partial charge on any atom is -0.466 e. The van der Waals surface area contributed by atoms with Gasteiger partial charge in [0.1, 0.15) is 6.33 Å². The number of piperidine rings is 1. The van der Waals surface area contributed by atoms with E-state index in [1.807, 2.05) is 0 Å². The van der Waals surface area contributed by atoms with Crippen molar-refractivity contribution in [3.05, 3.63) is 46.3 Å². The lowest BCUT2D eigenvalue weighted by atomic mass is 9.98. The molecule has 1 atom stereocenters. The van der Waals surface area contributed by atoms with Crippen LogP contribution in [0.3, 0.4) is 0 Å². The van der Waals surface area contributed by atoms with Crippen molar-refractivity contribution < 1.29 is 24.0 Å². The topological polar surface area (TPSA) is 137 Å². The maximum absolute atomic E-state index is 12.2. The predicted molar refractivity (Wildman–Crippen MR) is 116 cm³/mol. The second kappa shape index (κ2) is 10.5. The van der Waals surface area contributed by atoms with E-state index in [4.69, 9.17) is 9.47 Å². The van der Waals surface area contributed by atoms with Gasteiger partial charge in [-0.1, -0.05) is 6.07 Å². The first-order valence-corrected chi connectivity index (χ1v) is 10.4. The first-order chi connectivity index (χ1) is 15.4. The summed E-state index contributed by atoms with van der Waals surface area (Å²) in [5, 5.41) is 14.9. The van der Waals surface area contributed by atoms with E-state index in [1.54, 1.807) is 36.9 Å². The maximum atomic E-state index is 12.2. The van der Waals surface area contributed by atoms with Crippen LogP contribution in [0.4, 0.5) is 23.0 Å². The highest BCUT2D eigenvalue weighted by Crippen LogP contribution is 2.35. The summed E-state index contributed by atoms with van der Waals surface area (Å²) in [6.07, 6.45) is 2.56. The molecule has 170 valence electrons. The van der Waals surface area contributed by atoms with Crippen molar-refractivity contribution >= 4 is 34.9 Å². The molecule has 1 fully saturated rings. The number of aromatic nitrogens is 2. The Bertz CT molecular complexity index is 998. The fourth-order valence-electron chi connectivity index (χ4n) is 3.56. The summed E-state index contributed by atoms with van der Waals surface area (Å²) in [7, 11) is 0. The highest BCUT2D eigenvalue weighted by atomic mass is 16.6. The second-order valence-corrected chi connectivity index (χ2v) is 7.12. The first kappa shape index (κ1) is 22.9. The molecule has 1 N–H and O–H groups in total. The molecule has 1 aliphatic heterocycles. The van der Waals surface area contributed by atoms with E-state index in [9.17, 15) is 19.7 Å². The molecule has 0 radical (unpaired) electrons. The minimum absolute atomic E-state index is 0.0146. The average Bonchev–Trinajstić information content (AvgIpc) is 2.79. The number of rotatable bonds is 8. The van der Waals surface area contributed by atoms with Crippen LogP contribution in [-0.2, 0) is 14.3 Å². The van der Waals surface area contributed by atoms with Crippen molar-refractivity contribution in [2.45, 2.75) is 26.7 Å². The summed E-state index contributed by atoms with van der Waals surface area (Å²) in [5.41, 5.74) is 0.437. The van der Waals surface area contributed by atoms with Crippen molar-refractivity contribution in [1.29, 1.82) is 0 Å². The van der Waals surface area contributed by atoms with Gasteiger partial charge < -0.3 is 19.7 Å². The van der Waals surface area contributed by atoms with E-state index >= 15 is 0 Å². The summed E-state index contributed by atoms with van der Waals surface area (Å²) in [5.74, 6) is -1.08. The van der Waals surface area contributed by atoms with Gasteiger partial charge in [-0.05, 0) is 44.9 Å². The molecular formula is C21H25N5O6. The van der Waals surface area contributed by atoms with E-state index < -0.39 is 10.9 Å². The second-order valence-electron chi connectivity index (χ2n) is 7.12. The normalized spacial score (nSPS) is 15.7. The summed E-state index contributed by atoms with van der Waals surface area (Å²) in [4.78, 5) is 45.5. The molecule has 1 aromatic carbocycles. The Hall–Kier alpha value is -3.76. The summed E-state index contributed by atoms with van der Waals surface area (Å²) in [6.45, 7) is 4.75. The van der Waals surface area contributed by atoms with Gasteiger partial charge in [0.15, 0.2) is 0 Å². The summed E-state index contributed by atoms with van der Waals surface area (Å²) in [6, 6.07) is 6.41. The molecule has 1 unspecified atom stereocenters. The lowest BCUT2D eigenvalue weighted by Gasteiger charge is -2.32. The average molecular weight is 443 g/mol. The van der Waals surface area contributed by atoms with Crippen LogP contribution in [0.1, 0.15) is 37.0 Å². The number of benzene rings is 1. The van der Waals surface area contributed by atoms with Crippen LogP contribution in [0.15, 0.2) is 30.6 Å². The van der Waals surface area contributed by atoms with E-state index in [0.717, 1.165) is 0 Å². The van der Waals surface area contributed by atoms with Crippen molar-refractivity contribution in [2.75, 3.05) is 36.5 Å². The predicted octanol–water partition coefficient (Wildman–Crippen LogP) is 3.08. The minimum atomic E-state index is -0.555. The van der Waals surface area contributed by atoms with Crippen LogP contribution in [0.2, 0.25) is 0 Å². The maximum Gasteiger partial charge on any atom is 0.353 e. The molecule has 3 rings (SSSR count). The largest absolute Gasteiger partial charge is 0.466 e. The lowest BCUT2D eigenvalue weighted by molar-refractivity contribution is -0.383. The Morgan fingerprint density at radius 3 is 2.75 bits per heavy atom. The van der Waals surface area contributed by atoms with Gasteiger partial charge in [0, 0.05) is 18.8 Å². The molecule has 32 heavy (non-hydrogen) atoms. The molecule has 2 aromatic rings. The third kappa shape index (κ3) is 5.29. The monoisotopic (exact) mass is 443 g/mol. The van der Waals surface area contributed by atoms with Gasteiger partial charge >= 0.3 is 17.6 Å². The van der Waals surface area contributed by atoms with Gasteiger partial charge in [-0.25, -0.2) is 14.8 Å². The molecule has 0 aliphatic carbocycles. The van der Waals surface area contributed by atoms with E-state index in [2.05, 4.69) is 15.3 Å².